The topological polar surface area (TPSA) is 86.6 Å². The van der Waals surface area contributed by atoms with E-state index < -0.39 is 11.7 Å². The molecular weight excluding hydrogens is 540 g/mol. The first-order valence-electron chi connectivity index (χ1n) is 13.6. The average Bonchev–Trinajstić information content (AvgIpc) is 3.32. The highest BCUT2D eigenvalue weighted by atomic mass is 35.5. The fourth-order valence-electron chi connectivity index (χ4n) is 3.98. The predicted octanol–water partition coefficient (Wildman–Crippen LogP) is 7.59. The van der Waals surface area contributed by atoms with Crippen molar-refractivity contribution in [1.82, 2.24) is 20.4 Å². The monoisotopic (exact) mass is 576 g/mol. The number of nitrogens with one attached hydrogen (secondary N) is 2. The molecule has 0 atom stereocenters. The van der Waals surface area contributed by atoms with Gasteiger partial charge in [0.2, 0.25) is 0 Å². The smallest absolute Gasteiger partial charge is 0.422 e. The van der Waals surface area contributed by atoms with E-state index in [1.165, 1.54) is 0 Å². The molecule has 9 heteroatoms. The Labute approximate surface area is 246 Å². The minimum absolute atomic E-state index is 0.375. The van der Waals surface area contributed by atoms with E-state index in [2.05, 4.69) is 35.5 Å². The van der Waals surface area contributed by atoms with E-state index in [1.54, 1.807) is 12.1 Å². The van der Waals surface area contributed by atoms with Crippen LogP contribution in [-0.2, 0) is 11.2 Å². The van der Waals surface area contributed by atoms with E-state index in [1.807, 2.05) is 81.4 Å². The third kappa shape index (κ3) is 9.27. The van der Waals surface area contributed by atoms with Gasteiger partial charge in [-0.2, -0.15) is 0 Å². The van der Waals surface area contributed by atoms with Crippen molar-refractivity contribution in [3.8, 4) is 34.2 Å². The second-order valence-electron chi connectivity index (χ2n) is 11.0. The van der Waals surface area contributed by atoms with Crippen LogP contribution in [0.25, 0.3) is 16.9 Å². The maximum absolute atomic E-state index is 11.7. The van der Waals surface area contributed by atoms with E-state index in [0.29, 0.717) is 24.1 Å². The molecule has 0 bridgehead atoms. The molecule has 216 valence electrons. The van der Waals surface area contributed by atoms with Crippen molar-refractivity contribution in [2.45, 2.75) is 46.6 Å². The second kappa shape index (κ2) is 13.6. The maximum atomic E-state index is 11.7. The molecule has 4 rings (SSSR count). The van der Waals surface area contributed by atoms with Gasteiger partial charge in [-0.15, -0.1) is 0 Å². The highest BCUT2D eigenvalue weighted by Crippen LogP contribution is 2.28. The summed E-state index contributed by atoms with van der Waals surface area (Å²) in [5, 5.41) is 0.672. The van der Waals surface area contributed by atoms with Gasteiger partial charge >= 0.3 is 6.09 Å². The Balaban J connectivity index is 1.38. The third-order valence-corrected chi connectivity index (χ3v) is 6.02. The van der Waals surface area contributed by atoms with Gasteiger partial charge in [0.15, 0.2) is 0 Å². The number of hydrogen-bond donors (Lipinski definition) is 2. The highest BCUT2D eigenvalue weighted by molar-refractivity contribution is 6.30. The highest BCUT2D eigenvalue weighted by Gasteiger charge is 2.16. The number of rotatable bonds is 11. The van der Waals surface area contributed by atoms with Gasteiger partial charge in [-0.3, -0.25) is 5.43 Å². The quantitative estimate of drug-likeness (QED) is 0.141. The number of imidazole rings is 1. The van der Waals surface area contributed by atoms with E-state index >= 15 is 0 Å². The van der Waals surface area contributed by atoms with Gasteiger partial charge in [0.25, 0.3) is 0 Å². The molecule has 1 heterocycles. The van der Waals surface area contributed by atoms with Gasteiger partial charge < -0.3 is 18.8 Å². The molecule has 0 unspecified atom stereocenters. The van der Waals surface area contributed by atoms with Crippen LogP contribution in [0.2, 0.25) is 5.02 Å². The number of amides is 1. The number of carbonyl (C=O) groups excluding carboxylic acids is 1. The number of nitrogens with zero attached hydrogens (tertiary/aromatic N) is 2. The fourth-order valence-corrected chi connectivity index (χ4v) is 4.11. The van der Waals surface area contributed by atoms with Crippen LogP contribution in [0.4, 0.5) is 4.79 Å². The molecular formula is C32H37ClN4O4. The summed E-state index contributed by atoms with van der Waals surface area (Å²) >= 11 is 5.97. The summed E-state index contributed by atoms with van der Waals surface area (Å²) in [6.45, 7) is 10.6. The number of aromatic nitrogens is 2. The summed E-state index contributed by atoms with van der Waals surface area (Å²) in [7, 11) is 0. The first-order chi connectivity index (χ1) is 19.6. The Morgan fingerprint density at radius 2 is 1.54 bits per heavy atom. The molecule has 0 aliphatic rings. The Hall–Kier alpha value is -4.01. The summed E-state index contributed by atoms with van der Waals surface area (Å²) in [4.78, 5) is 16.6. The number of halogens is 1. The van der Waals surface area contributed by atoms with E-state index in [9.17, 15) is 4.79 Å². The van der Waals surface area contributed by atoms with Gasteiger partial charge in [0.1, 0.15) is 35.3 Å². The molecule has 4 aromatic rings. The fraction of sp³-hybridized carbons (Fsp3) is 0.312. The Morgan fingerprint density at radius 1 is 0.927 bits per heavy atom. The molecule has 0 spiro atoms. The van der Waals surface area contributed by atoms with Gasteiger partial charge in [0, 0.05) is 35.4 Å². The van der Waals surface area contributed by atoms with Crippen molar-refractivity contribution in [2.75, 3.05) is 13.2 Å². The van der Waals surface area contributed by atoms with Gasteiger partial charge in [0.05, 0.1) is 5.69 Å². The third-order valence-electron chi connectivity index (χ3n) is 5.77. The van der Waals surface area contributed by atoms with Crippen LogP contribution < -0.4 is 20.3 Å². The normalized spacial score (nSPS) is 11.4. The lowest BCUT2D eigenvalue weighted by molar-refractivity contribution is 0.0496. The second-order valence-corrected chi connectivity index (χ2v) is 11.4. The number of carbonyl (C=O) groups is 1. The summed E-state index contributed by atoms with van der Waals surface area (Å²) < 4.78 is 19.1. The minimum Gasteiger partial charge on any atom is -0.492 e. The van der Waals surface area contributed by atoms with Crippen LogP contribution in [0.1, 0.15) is 40.4 Å². The predicted molar refractivity (Wildman–Crippen MR) is 162 cm³/mol. The van der Waals surface area contributed by atoms with Crippen molar-refractivity contribution in [3.63, 3.8) is 0 Å². The van der Waals surface area contributed by atoms with E-state index in [-0.39, 0.29) is 0 Å². The molecule has 2 N–H and O–H groups in total. The van der Waals surface area contributed by atoms with Gasteiger partial charge in [-0.25, -0.2) is 15.2 Å². The van der Waals surface area contributed by atoms with Crippen molar-refractivity contribution >= 4 is 17.7 Å². The van der Waals surface area contributed by atoms with E-state index in [4.69, 9.17) is 30.8 Å². The van der Waals surface area contributed by atoms with Crippen molar-refractivity contribution in [1.29, 1.82) is 0 Å². The zero-order valence-corrected chi connectivity index (χ0v) is 24.9. The van der Waals surface area contributed by atoms with Gasteiger partial charge in [-0.1, -0.05) is 25.4 Å². The maximum Gasteiger partial charge on any atom is 0.422 e. The van der Waals surface area contributed by atoms with Gasteiger partial charge in [-0.05, 0) is 99.5 Å². The molecule has 0 fully saturated rings. The molecule has 0 radical (unpaired) electrons. The molecule has 1 amide bonds. The van der Waals surface area contributed by atoms with Crippen LogP contribution in [-0.4, -0.2) is 34.4 Å². The number of hydrogen-bond acceptors (Lipinski definition) is 6. The molecule has 0 aliphatic carbocycles. The van der Waals surface area contributed by atoms with Crippen LogP contribution in [0.5, 0.6) is 17.2 Å². The molecule has 41 heavy (non-hydrogen) atoms. The van der Waals surface area contributed by atoms with Crippen molar-refractivity contribution in [2.24, 2.45) is 5.92 Å². The number of ether oxygens (including phenoxy) is 3. The average molecular weight is 577 g/mol. The van der Waals surface area contributed by atoms with Crippen LogP contribution in [0.15, 0.2) is 79.0 Å². The lowest BCUT2D eigenvalue weighted by Gasteiger charge is -2.19. The van der Waals surface area contributed by atoms with Crippen LogP contribution in [0, 0.1) is 5.92 Å². The van der Waals surface area contributed by atoms with Crippen LogP contribution >= 0.6 is 11.6 Å². The lowest BCUT2D eigenvalue weighted by atomic mass is 10.1. The van der Waals surface area contributed by atoms with Crippen molar-refractivity contribution in [3.05, 3.63) is 89.8 Å². The molecule has 0 saturated carbocycles. The lowest BCUT2D eigenvalue weighted by Crippen LogP contribution is -2.42. The Morgan fingerprint density at radius 3 is 2.15 bits per heavy atom. The molecule has 3 aromatic carbocycles. The zero-order chi connectivity index (χ0) is 29.4. The SMILES string of the molecule is CC(C)Cc1nc(-c2ccc(OCCNNC(=O)OC(C)(C)C)cc2)cn1-c1ccc(Oc2ccc(Cl)cc2)cc1. The standard InChI is InChI=1S/C32H37ClN4O4/c1-22(2)20-30-35-29(21-37(30)25-10-16-28(17-11-25)40-27-14-8-24(33)9-15-27)23-6-12-26(13-7-23)39-19-18-34-36-31(38)41-32(3,4)5/h6-17,21-22,34H,18-20H2,1-5H3,(H,36,38). The number of hydrazine groups is 1. The first-order valence-corrected chi connectivity index (χ1v) is 14.0. The molecule has 8 nitrogen and oxygen atoms in total. The Bertz CT molecular complexity index is 1410. The van der Waals surface area contributed by atoms with E-state index in [0.717, 1.165) is 46.4 Å². The minimum atomic E-state index is -0.548. The summed E-state index contributed by atoms with van der Waals surface area (Å²) in [6, 6.07) is 23.1. The zero-order valence-electron chi connectivity index (χ0n) is 24.1. The van der Waals surface area contributed by atoms with Crippen molar-refractivity contribution < 1.29 is 19.0 Å². The first kappa shape index (κ1) is 30.0. The molecule has 0 saturated heterocycles. The van der Waals surface area contributed by atoms with Crippen LogP contribution in [0.3, 0.4) is 0 Å². The summed E-state index contributed by atoms with van der Waals surface area (Å²) in [6.07, 6.45) is 2.38. The summed E-state index contributed by atoms with van der Waals surface area (Å²) in [5.74, 6) is 3.64. The number of benzene rings is 3. The molecule has 1 aromatic heterocycles. The largest absolute Gasteiger partial charge is 0.492 e. The molecule has 0 aliphatic heterocycles. The summed E-state index contributed by atoms with van der Waals surface area (Å²) in [5.41, 5.74) is 7.63. The Kier molecular flexibility index (Phi) is 9.91.